The Hall–Kier alpha value is -5.67. The van der Waals surface area contributed by atoms with Crippen molar-refractivity contribution in [2.24, 2.45) is 0 Å². The van der Waals surface area contributed by atoms with Gasteiger partial charge in [0.05, 0.1) is 5.52 Å². The molecule has 0 fully saturated rings. The smallest absolute Gasteiger partial charge is 0.0595 e. The van der Waals surface area contributed by atoms with Gasteiger partial charge >= 0.3 is 0 Å². The Morgan fingerprint density at radius 1 is 0.549 bits per heavy atom. The van der Waals surface area contributed by atoms with Gasteiger partial charge in [0.2, 0.25) is 0 Å². The maximum absolute atomic E-state index is 4.84. The molecule has 3 nitrogen and oxygen atoms in total. The van der Waals surface area contributed by atoms with Crippen molar-refractivity contribution in [2.75, 3.05) is 0 Å². The molecule has 4 heteroatoms. The van der Waals surface area contributed by atoms with E-state index >= 15 is 0 Å². The average molecular weight is 832 g/mol. The van der Waals surface area contributed by atoms with Crippen LogP contribution in [-0.2, 0) is 25.5 Å². The number of aromatic nitrogens is 3. The molecule has 9 aromatic rings. The zero-order valence-corrected chi connectivity index (χ0v) is 30.7. The van der Waals surface area contributed by atoms with Crippen LogP contribution in [0.1, 0.15) is 25.0 Å². The molecule has 0 bridgehead atoms. The third-order valence-electron chi connectivity index (χ3n) is 9.95. The molecule has 0 saturated carbocycles. The number of nitrogens with zero attached hydrogens (tertiary/aromatic N) is 3. The van der Waals surface area contributed by atoms with E-state index in [-0.39, 0.29) is 25.5 Å². The van der Waals surface area contributed by atoms with E-state index in [0.29, 0.717) is 0 Å². The molecule has 0 aliphatic heterocycles. The van der Waals surface area contributed by atoms with E-state index in [0.717, 1.165) is 39.2 Å². The minimum absolute atomic E-state index is 0. The third-order valence-corrected chi connectivity index (χ3v) is 9.95. The molecule has 1 aliphatic carbocycles. The molecule has 0 spiro atoms. The molecule has 3 heterocycles. The van der Waals surface area contributed by atoms with Gasteiger partial charge < -0.3 is 9.55 Å². The summed E-state index contributed by atoms with van der Waals surface area (Å²) in [5, 5.41) is 3.63. The van der Waals surface area contributed by atoms with E-state index in [2.05, 4.69) is 157 Å². The number of para-hydroxylation sites is 3. The van der Waals surface area contributed by atoms with Crippen molar-refractivity contribution in [2.45, 2.75) is 19.3 Å². The molecule has 51 heavy (non-hydrogen) atoms. The van der Waals surface area contributed by atoms with Crippen molar-refractivity contribution >= 4 is 32.7 Å². The van der Waals surface area contributed by atoms with E-state index in [9.17, 15) is 0 Å². The van der Waals surface area contributed by atoms with Crippen molar-refractivity contribution in [3.05, 3.63) is 187 Å². The van der Waals surface area contributed by atoms with E-state index in [4.69, 9.17) is 4.98 Å². The molecule has 1 radical (unpaired) electrons. The fourth-order valence-electron chi connectivity index (χ4n) is 7.44. The van der Waals surface area contributed by atoms with Crippen LogP contribution in [0.15, 0.2) is 164 Å². The van der Waals surface area contributed by atoms with Gasteiger partial charge in [0.15, 0.2) is 0 Å². The second-order valence-corrected chi connectivity index (χ2v) is 13.3. The fourth-order valence-corrected chi connectivity index (χ4v) is 7.44. The molecule has 0 unspecified atom stereocenters. The first-order chi connectivity index (χ1) is 24.6. The third kappa shape index (κ3) is 5.67. The van der Waals surface area contributed by atoms with Crippen LogP contribution in [0.5, 0.6) is 0 Å². The zero-order chi connectivity index (χ0) is 33.7. The molecule has 6 aromatic carbocycles. The molecule has 0 atom stereocenters. The van der Waals surface area contributed by atoms with E-state index in [1.807, 2.05) is 42.6 Å². The summed E-state index contributed by atoms with van der Waals surface area (Å²) in [6, 6.07) is 61.7. The van der Waals surface area contributed by atoms with Crippen LogP contribution in [0, 0.1) is 12.1 Å². The van der Waals surface area contributed by atoms with E-state index in [1.54, 1.807) is 0 Å². The van der Waals surface area contributed by atoms with Gasteiger partial charge in [0.1, 0.15) is 0 Å². The summed E-state index contributed by atoms with van der Waals surface area (Å²) in [6.07, 6.45) is 1.82. The SMILES string of the molecule is CC1(C)c2ccccc2-c2c[c-]c(-c3ccc4ccccc4n3)cc21.[Ir].[c-]1cc2c(cc1-c1ccccn1)c1ccccc1n2-c1ccccc1. The van der Waals surface area contributed by atoms with Crippen molar-refractivity contribution < 1.29 is 20.1 Å². The first-order valence-electron chi connectivity index (χ1n) is 17.0. The molecular formula is C47H33IrN3-2. The number of fused-ring (bicyclic) bond motifs is 7. The summed E-state index contributed by atoms with van der Waals surface area (Å²) >= 11 is 0. The summed E-state index contributed by atoms with van der Waals surface area (Å²) < 4.78 is 2.30. The van der Waals surface area contributed by atoms with Crippen LogP contribution in [0.4, 0.5) is 0 Å². The Morgan fingerprint density at radius 3 is 2.14 bits per heavy atom. The quantitative estimate of drug-likeness (QED) is 0.166. The Morgan fingerprint density at radius 2 is 1.27 bits per heavy atom. The predicted molar refractivity (Wildman–Crippen MR) is 206 cm³/mol. The standard InChI is InChI=1S/C24H18N.C23H15N2.Ir/c1-24(2)20-9-5-4-8-18(20)19-13-11-17(15-21(19)24)23-14-12-16-7-3-6-10-22(16)25-23;1-2-8-18(9-3-1)25-22-12-5-4-10-19(22)20-16-17(13-14-23(20)25)21-11-6-7-15-24-21;/h3-10,12-15H,1-2H3;1-12,14-16H;/q2*-1;. The Labute approximate surface area is 311 Å². The minimum atomic E-state index is 0. The van der Waals surface area contributed by atoms with Gasteiger partial charge in [-0.1, -0.05) is 133 Å². The number of pyridine rings is 2. The molecule has 3 aromatic heterocycles. The zero-order valence-electron chi connectivity index (χ0n) is 28.3. The number of hydrogen-bond acceptors (Lipinski definition) is 2. The fraction of sp³-hybridized carbons (Fsp3) is 0.0638. The second kappa shape index (κ2) is 13.2. The van der Waals surface area contributed by atoms with Crippen LogP contribution >= 0.6 is 0 Å². The molecule has 10 rings (SSSR count). The van der Waals surface area contributed by atoms with Gasteiger partial charge in [-0.05, 0) is 69.0 Å². The van der Waals surface area contributed by atoms with Gasteiger partial charge in [0.25, 0.3) is 0 Å². The van der Waals surface area contributed by atoms with Crippen LogP contribution in [0.25, 0.3) is 72.0 Å². The molecular weight excluding hydrogens is 799 g/mol. The van der Waals surface area contributed by atoms with Gasteiger partial charge in [-0.15, -0.1) is 53.1 Å². The summed E-state index contributed by atoms with van der Waals surface area (Å²) in [5.74, 6) is 0. The van der Waals surface area contributed by atoms with Gasteiger partial charge in [-0.2, -0.15) is 0 Å². The van der Waals surface area contributed by atoms with Crippen molar-refractivity contribution in [1.29, 1.82) is 0 Å². The average Bonchev–Trinajstić information content (AvgIpc) is 3.63. The monoisotopic (exact) mass is 832 g/mol. The van der Waals surface area contributed by atoms with Crippen molar-refractivity contribution in [3.63, 3.8) is 0 Å². The maximum Gasteiger partial charge on any atom is 0.0595 e. The minimum Gasteiger partial charge on any atom is -0.351 e. The largest absolute Gasteiger partial charge is 0.351 e. The van der Waals surface area contributed by atoms with Gasteiger partial charge in [-0.25, -0.2) is 0 Å². The van der Waals surface area contributed by atoms with Crippen LogP contribution in [-0.4, -0.2) is 14.5 Å². The summed E-state index contributed by atoms with van der Waals surface area (Å²) in [7, 11) is 0. The van der Waals surface area contributed by atoms with E-state index in [1.165, 1.54) is 43.9 Å². The van der Waals surface area contributed by atoms with Crippen LogP contribution < -0.4 is 0 Å². The van der Waals surface area contributed by atoms with Crippen molar-refractivity contribution in [1.82, 2.24) is 14.5 Å². The predicted octanol–water partition coefficient (Wildman–Crippen LogP) is 11.7. The number of benzene rings is 6. The summed E-state index contributed by atoms with van der Waals surface area (Å²) in [6.45, 7) is 4.60. The molecule has 1 aliphatic rings. The maximum atomic E-state index is 4.84. The van der Waals surface area contributed by atoms with Crippen LogP contribution in [0.2, 0.25) is 0 Å². The normalized spacial score (nSPS) is 12.5. The number of hydrogen-bond donors (Lipinski definition) is 0. The van der Waals surface area contributed by atoms with Gasteiger partial charge in [-0.3, -0.25) is 4.98 Å². The first-order valence-corrected chi connectivity index (χ1v) is 17.0. The van der Waals surface area contributed by atoms with Crippen LogP contribution in [0.3, 0.4) is 0 Å². The van der Waals surface area contributed by atoms with Crippen molar-refractivity contribution in [3.8, 4) is 39.3 Å². The molecule has 0 amide bonds. The number of rotatable bonds is 3. The first kappa shape index (κ1) is 32.5. The Kier molecular flexibility index (Phi) is 8.44. The Balaban J connectivity index is 0.000000144. The molecule has 247 valence electrons. The molecule has 0 saturated heterocycles. The van der Waals surface area contributed by atoms with Gasteiger partial charge in [0, 0.05) is 37.5 Å². The molecule has 0 N–H and O–H groups in total. The summed E-state index contributed by atoms with van der Waals surface area (Å²) in [5.41, 5.74) is 13.9. The second-order valence-electron chi connectivity index (χ2n) is 13.3. The summed E-state index contributed by atoms with van der Waals surface area (Å²) in [4.78, 5) is 9.30. The van der Waals surface area contributed by atoms with E-state index < -0.39 is 0 Å². The Bertz CT molecular complexity index is 2680. The topological polar surface area (TPSA) is 30.7 Å².